The Balaban J connectivity index is 0.00000420. The summed E-state index contributed by atoms with van der Waals surface area (Å²) in [5, 5.41) is 16.2. The van der Waals surface area contributed by atoms with Crippen molar-refractivity contribution in [1.82, 2.24) is 10.6 Å². The van der Waals surface area contributed by atoms with Crippen LogP contribution in [0.15, 0.2) is 29.3 Å². The summed E-state index contributed by atoms with van der Waals surface area (Å²) in [6.45, 7) is 10.9. The zero-order valence-electron chi connectivity index (χ0n) is 18.1. The largest absolute Gasteiger partial charge is 0.493 e. The van der Waals surface area contributed by atoms with Gasteiger partial charge < -0.3 is 25.2 Å². The van der Waals surface area contributed by atoms with Crippen LogP contribution in [-0.2, 0) is 11.3 Å². The van der Waals surface area contributed by atoms with Crippen LogP contribution in [0.1, 0.15) is 45.6 Å². The van der Waals surface area contributed by atoms with Crippen molar-refractivity contribution >= 4 is 29.9 Å². The molecular formula is C22H38IN3O3. The molecule has 0 aromatic heterocycles. The molecule has 0 aliphatic carbocycles. The van der Waals surface area contributed by atoms with Crippen molar-refractivity contribution in [2.75, 3.05) is 39.5 Å². The maximum atomic E-state index is 9.41. The lowest BCUT2D eigenvalue weighted by atomic mass is 9.84. The van der Waals surface area contributed by atoms with Crippen molar-refractivity contribution in [3.05, 3.63) is 29.8 Å². The van der Waals surface area contributed by atoms with Gasteiger partial charge in [0.05, 0.1) is 19.8 Å². The molecule has 1 aliphatic heterocycles. The molecule has 7 heteroatoms. The molecule has 6 nitrogen and oxygen atoms in total. The number of aliphatic hydroxyl groups is 1. The molecule has 0 saturated carbocycles. The molecule has 3 N–H and O–H groups in total. The molecule has 1 atom stereocenters. The predicted octanol–water partition coefficient (Wildman–Crippen LogP) is 3.57. The lowest BCUT2D eigenvalue weighted by Crippen LogP contribution is -2.44. The van der Waals surface area contributed by atoms with Gasteiger partial charge in [-0.05, 0) is 38.2 Å². The Labute approximate surface area is 192 Å². The summed E-state index contributed by atoms with van der Waals surface area (Å²) in [6, 6.07) is 8.10. The number of para-hydroxylation sites is 1. The topological polar surface area (TPSA) is 75.1 Å². The van der Waals surface area contributed by atoms with Crippen molar-refractivity contribution in [2.45, 2.75) is 46.6 Å². The van der Waals surface area contributed by atoms with Crippen LogP contribution in [0.4, 0.5) is 0 Å². The molecule has 0 spiro atoms. The maximum Gasteiger partial charge on any atom is 0.191 e. The Kier molecular flexibility index (Phi) is 12.6. The number of aliphatic imine (C=N–C) groups is 1. The van der Waals surface area contributed by atoms with E-state index in [2.05, 4.69) is 37.5 Å². The molecule has 0 radical (unpaired) electrons. The first-order valence-corrected chi connectivity index (χ1v) is 10.5. The third-order valence-electron chi connectivity index (χ3n) is 5.14. The number of benzene rings is 1. The van der Waals surface area contributed by atoms with E-state index in [1.54, 1.807) is 0 Å². The molecule has 1 fully saturated rings. The molecule has 1 aliphatic rings. The van der Waals surface area contributed by atoms with Crippen molar-refractivity contribution in [2.24, 2.45) is 16.3 Å². The minimum atomic E-state index is -0.0111. The quantitative estimate of drug-likeness (QED) is 0.237. The van der Waals surface area contributed by atoms with Gasteiger partial charge in [0.2, 0.25) is 0 Å². The number of guanidine groups is 1. The van der Waals surface area contributed by atoms with Gasteiger partial charge in [0.15, 0.2) is 5.96 Å². The fraction of sp³-hybridized carbons (Fsp3) is 0.682. The van der Waals surface area contributed by atoms with Gasteiger partial charge in [-0.3, -0.25) is 0 Å². The first-order valence-electron chi connectivity index (χ1n) is 10.5. The Morgan fingerprint density at radius 2 is 2.10 bits per heavy atom. The number of nitrogens with one attached hydrogen (secondary N) is 2. The molecule has 2 rings (SSSR count). The summed E-state index contributed by atoms with van der Waals surface area (Å²) in [5.41, 5.74) is 1.07. The Morgan fingerprint density at radius 1 is 1.31 bits per heavy atom. The molecule has 1 unspecified atom stereocenters. The van der Waals surface area contributed by atoms with Crippen LogP contribution >= 0.6 is 24.0 Å². The number of rotatable bonds is 11. The highest BCUT2D eigenvalue weighted by Crippen LogP contribution is 2.31. The van der Waals surface area contributed by atoms with Crippen molar-refractivity contribution < 1.29 is 14.6 Å². The van der Waals surface area contributed by atoms with E-state index in [0.717, 1.165) is 62.8 Å². The van der Waals surface area contributed by atoms with Gasteiger partial charge in [-0.1, -0.05) is 32.0 Å². The molecule has 29 heavy (non-hydrogen) atoms. The standard InChI is InChI=1S/C22H37N3O3.HI/c1-4-23-21(25-16-22(10-12-26)11-14-27-17-22)24-15-19-7-5-6-8-20(19)28-13-9-18(2)3;/h5-8,18,26H,4,9-17H2,1-3H3,(H2,23,24,25);1H. The smallest absolute Gasteiger partial charge is 0.191 e. The molecule has 1 aromatic carbocycles. The van der Waals surface area contributed by atoms with Gasteiger partial charge in [0, 0.05) is 37.3 Å². The molecule has 1 heterocycles. The lowest BCUT2D eigenvalue weighted by molar-refractivity contribution is 0.127. The van der Waals surface area contributed by atoms with Gasteiger partial charge in [-0.2, -0.15) is 0 Å². The summed E-state index contributed by atoms with van der Waals surface area (Å²) in [5.74, 6) is 2.31. The minimum absolute atomic E-state index is 0. The van der Waals surface area contributed by atoms with E-state index in [0.29, 0.717) is 19.1 Å². The van der Waals surface area contributed by atoms with Gasteiger partial charge in [-0.25, -0.2) is 4.99 Å². The Bertz CT molecular complexity index is 605. The van der Waals surface area contributed by atoms with Gasteiger partial charge in [-0.15, -0.1) is 24.0 Å². The van der Waals surface area contributed by atoms with E-state index in [9.17, 15) is 5.11 Å². The Hall–Kier alpha value is -1.06. The number of hydrogen-bond donors (Lipinski definition) is 3. The first-order chi connectivity index (χ1) is 13.6. The second-order valence-electron chi connectivity index (χ2n) is 7.96. The zero-order chi connectivity index (χ0) is 20.2. The van der Waals surface area contributed by atoms with Gasteiger partial charge >= 0.3 is 0 Å². The highest BCUT2D eigenvalue weighted by Gasteiger charge is 2.34. The highest BCUT2D eigenvalue weighted by atomic mass is 127. The summed E-state index contributed by atoms with van der Waals surface area (Å²) < 4.78 is 11.6. The van der Waals surface area contributed by atoms with E-state index >= 15 is 0 Å². The molecular weight excluding hydrogens is 481 g/mol. The number of aliphatic hydroxyl groups excluding tert-OH is 1. The fourth-order valence-corrected chi connectivity index (χ4v) is 3.27. The van der Waals surface area contributed by atoms with Crippen molar-refractivity contribution in [3.63, 3.8) is 0 Å². The predicted molar refractivity (Wildman–Crippen MR) is 129 cm³/mol. The third kappa shape index (κ3) is 9.09. The molecule has 0 bridgehead atoms. The molecule has 1 aromatic rings. The van der Waals surface area contributed by atoms with E-state index in [1.165, 1.54) is 0 Å². The monoisotopic (exact) mass is 519 g/mol. The molecule has 0 amide bonds. The van der Waals surface area contributed by atoms with Gasteiger partial charge in [0.1, 0.15) is 5.75 Å². The normalized spacial score (nSPS) is 19.1. The van der Waals surface area contributed by atoms with E-state index in [-0.39, 0.29) is 36.0 Å². The molecule has 166 valence electrons. The number of nitrogens with zero attached hydrogens (tertiary/aromatic N) is 1. The SMILES string of the molecule is CCNC(=NCc1ccccc1OCCC(C)C)NCC1(CCO)CCOC1.I. The molecule has 1 saturated heterocycles. The van der Waals surface area contributed by atoms with Gasteiger partial charge in [0.25, 0.3) is 0 Å². The lowest BCUT2D eigenvalue weighted by Gasteiger charge is -2.27. The number of halogens is 1. The van der Waals surface area contributed by atoms with Crippen molar-refractivity contribution in [3.8, 4) is 5.75 Å². The third-order valence-corrected chi connectivity index (χ3v) is 5.14. The zero-order valence-corrected chi connectivity index (χ0v) is 20.4. The van der Waals surface area contributed by atoms with E-state index in [4.69, 9.17) is 14.5 Å². The second kappa shape index (κ2) is 14.0. The van der Waals surface area contributed by atoms with Crippen LogP contribution in [0.25, 0.3) is 0 Å². The average molecular weight is 519 g/mol. The van der Waals surface area contributed by atoms with Crippen molar-refractivity contribution in [1.29, 1.82) is 0 Å². The van der Waals surface area contributed by atoms with Crippen LogP contribution < -0.4 is 15.4 Å². The summed E-state index contributed by atoms with van der Waals surface area (Å²) >= 11 is 0. The second-order valence-corrected chi connectivity index (χ2v) is 7.96. The average Bonchev–Trinajstić information content (AvgIpc) is 3.14. The summed E-state index contributed by atoms with van der Waals surface area (Å²) in [7, 11) is 0. The minimum Gasteiger partial charge on any atom is -0.493 e. The van der Waals surface area contributed by atoms with E-state index < -0.39 is 0 Å². The van der Waals surface area contributed by atoms with E-state index in [1.807, 2.05) is 18.2 Å². The number of ether oxygens (including phenoxy) is 2. The van der Waals surface area contributed by atoms with Crippen LogP contribution in [0.5, 0.6) is 5.75 Å². The fourth-order valence-electron chi connectivity index (χ4n) is 3.27. The summed E-state index contributed by atoms with van der Waals surface area (Å²) in [4.78, 5) is 4.75. The Morgan fingerprint density at radius 3 is 2.76 bits per heavy atom. The van der Waals surface area contributed by atoms with Crippen LogP contribution in [-0.4, -0.2) is 50.6 Å². The highest BCUT2D eigenvalue weighted by molar-refractivity contribution is 14.0. The maximum absolute atomic E-state index is 9.41. The van der Waals surface area contributed by atoms with Crippen LogP contribution in [0, 0.1) is 11.3 Å². The number of hydrogen-bond acceptors (Lipinski definition) is 4. The van der Waals surface area contributed by atoms with Crippen LogP contribution in [0.3, 0.4) is 0 Å². The first kappa shape index (κ1) is 26.0. The summed E-state index contributed by atoms with van der Waals surface area (Å²) in [6.07, 6.45) is 2.75. The van der Waals surface area contributed by atoms with Crippen LogP contribution in [0.2, 0.25) is 0 Å².